The molecule has 0 saturated heterocycles. The van der Waals surface area contributed by atoms with Gasteiger partial charge in [-0.05, 0) is 37.0 Å². The quantitative estimate of drug-likeness (QED) is 0.827. The third-order valence-electron chi connectivity index (χ3n) is 3.80. The summed E-state index contributed by atoms with van der Waals surface area (Å²) in [7, 11) is 0. The predicted molar refractivity (Wildman–Crippen MR) is 65.1 cm³/mol. The second kappa shape index (κ2) is 4.73. The first-order valence-corrected chi connectivity index (χ1v) is 6.21. The molecule has 0 unspecified atom stereocenters. The average Bonchev–Trinajstić information content (AvgIpc) is 2.30. The van der Waals surface area contributed by atoms with Crippen LogP contribution in [0, 0.1) is 6.92 Å². The summed E-state index contributed by atoms with van der Waals surface area (Å²) >= 11 is 0. The molecule has 0 bridgehead atoms. The molecule has 0 aromatic heterocycles. The Labute approximate surface area is 101 Å². The standard InChI is InChI=1S/C14H19F2N/c1-10-5-6-11(13(15)16)9-12(10)14(17)7-3-2-4-8-14/h5-6,9,13H,2-4,7-8,17H2,1H3. The van der Waals surface area contributed by atoms with Crippen LogP contribution in [0.4, 0.5) is 8.78 Å². The molecule has 1 aromatic rings. The van der Waals surface area contributed by atoms with Crippen LogP contribution in [0.5, 0.6) is 0 Å². The fraction of sp³-hybridized carbons (Fsp3) is 0.571. The third-order valence-corrected chi connectivity index (χ3v) is 3.80. The number of aryl methyl sites for hydroxylation is 1. The summed E-state index contributed by atoms with van der Waals surface area (Å²) in [6.07, 6.45) is 2.78. The van der Waals surface area contributed by atoms with Crippen molar-refractivity contribution in [2.45, 2.75) is 51.0 Å². The lowest BCUT2D eigenvalue weighted by Gasteiger charge is -2.35. The van der Waals surface area contributed by atoms with E-state index < -0.39 is 12.0 Å². The van der Waals surface area contributed by atoms with Crippen molar-refractivity contribution in [2.24, 2.45) is 5.73 Å². The molecule has 2 rings (SSSR count). The van der Waals surface area contributed by atoms with E-state index in [0.717, 1.165) is 36.8 Å². The van der Waals surface area contributed by atoms with E-state index in [-0.39, 0.29) is 5.56 Å². The molecule has 3 heteroatoms. The highest BCUT2D eigenvalue weighted by atomic mass is 19.3. The Morgan fingerprint density at radius 2 is 1.82 bits per heavy atom. The fourth-order valence-corrected chi connectivity index (χ4v) is 2.76. The summed E-state index contributed by atoms with van der Waals surface area (Å²) < 4.78 is 25.5. The van der Waals surface area contributed by atoms with Crippen LogP contribution < -0.4 is 5.73 Å². The van der Waals surface area contributed by atoms with Crippen LogP contribution in [0.15, 0.2) is 18.2 Å². The SMILES string of the molecule is Cc1ccc(C(F)F)cc1C1(N)CCCCC1. The van der Waals surface area contributed by atoms with Gasteiger partial charge in [0, 0.05) is 11.1 Å². The van der Waals surface area contributed by atoms with Crippen LogP contribution in [0.25, 0.3) is 0 Å². The number of hydrogen-bond donors (Lipinski definition) is 1. The Morgan fingerprint density at radius 1 is 1.18 bits per heavy atom. The molecule has 1 saturated carbocycles. The molecule has 0 spiro atoms. The maximum atomic E-state index is 12.7. The van der Waals surface area contributed by atoms with Gasteiger partial charge in [0.05, 0.1) is 0 Å². The van der Waals surface area contributed by atoms with Crippen molar-refractivity contribution in [1.29, 1.82) is 0 Å². The summed E-state index contributed by atoms with van der Waals surface area (Å²) in [5, 5.41) is 0. The maximum Gasteiger partial charge on any atom is 0.263 e. The average molecular weight is 239 g/mol. The molecule has 1 aromatic carbocycles. The third kappa shape index (κ3) is 2.49. The van der Waals surface area contributed by atoms with Crippen LogP contribution in [0.1, 0.15) is 55.2 Å². The van der Waals surface area contributed by atoms with Crippen LogP contribution in [-0.4, -0.2) is 0 Å². The van der Waals surface area contributed by atoms with E-state index in [0.29, 0.717) is 0 Å². The van der Waals surface area contributed by atoms with Crippen molar-refractivity contribution in [3.8, 4) is 0 Å². The molecule has 0 radical (unpaired) electrons. The van der Waals surface area contributed by atoms with E-state index in [4.69, 9.17) is 5.73 Å². The molecule has 2 N–H and O–H groups in total. The van der Waals surface area contributed by atoms with Gasteiger partial charge in [-0.25, -0.2) is 8.78 Å². The Hall–Kier alpha value is -0.960. The van der Waals surface area contributed by atoms with E-state index in [1.54, 1.807) is 12.1 Å². The number of benzene rings is 1. The molecule has 17 heavy (non-hydrogen) atoms. The van der Waals surface area contributed by atoms with Crippen molar-refractivity contribution in [3.05, 3.63) is 34.9 Å². The van der Waals surface area contributed by atoms with Crippen LogP contribution in [0.3, 0.4) is 0 Å². The van der Waals surface area contributed by atoms with Gasteiger partial charge in [-0.15, -0.1) is 0 Å². The Balaban J connectivity index is 2.38. The fourth-order valence-electron chi connectivity index (χ4n) is 2.76. The molecule has 1 aliphatic rings. The highest BCUT2D eigenvalue weighted by Gasteiger charge is 2.31. The molecule has 1 aliphatic carbocycles. The summed E-state index contributed by atoms with van der Waals surface area (Å²) in [6.45, 7) is 1.95. The molecular formula is C14H19F2N. The molecule has 0 aliphatic heterocycles. The van der Waals surface area contributed by atoms with Crippen molar-refractivity contribution in [1.82, 2.24) is 0 Å². The molecular weight excluding hydrogens is 220 g/mol. The number of nitrogens with two attached hydrogens (primary N) is 1. The van der Waals surface area contributed by atoms with E-state index in [9.17, 15) is 8.78 Å². The highest BCUT2D eigenvalue weighted by molar-refractivity contribution is 5.37. The second-order valence-corrected chi connectivity index (χ2v) is 5.09. The lowest BCUT2D eigenvalue weighted by atomic mass is 9.75. The molecule has 1 nitrogen and oxygen atoms in total. The summed E-state index contributed by atoms with van der Waals surface area (Å²) in [5.41, 5.74) is 8.03. The molecule has 0 amide bonds. The number of rotatable bonds is 2. The number of hydrogen-bond acceptors (Lipinski definition) is 1. The first-order chi connectivity index (χ1) is 8.03. The smallest absolute Gasteiger partial charge is 0.263 e. The Bertz CT molecular complexity index is 395. The zero-order valence-corrected chi connectivity index (χ0v) is 10.2. The van der Waals surface area contributed by atoms with Gasteiger partial charge in [-0.3, -0.25) is 0 Å². The van der Waals surface area contributed by atoms with Gasteiger partial charge in [-0.2, -0.15) is 0 Å². The summed E-state index contributed by atoms with van der Waals surface area (Å²) in [4.78, 5) is 0. The second-order valence-electron chi connectivity index (χ2n) is 5.09. The number of halogens is 2. The lowest BCUT2D eigenvalue weighted by Crippen LogP contribution is -2.39. The predicted octanol–water partition coefficient (Wildman–Crippen LogP) is 4.05. The van der Waals surface area contributed by atoms with Crippen molar-refractivity contribution in [2.75, 3.05) is 0 Å². The van der Waals surface area contributed by atoms with Crippen LogP contribution >= 0.6 is 0 Å². The largest absolute Gasteiger partial charge is 0.321 e. The van der Waals surface area contributed by atoms with E-state index in [1.807, 2.05) is 6.92 Å². The lowest BCUT2D eigenvalue weighted by molar-refractivity contribution is 0.151. The van der Waals surface area contributed by atoms with E-state index in [1.165, 1.54) is 12.5 Å². The zero-order chi connectivity index (χ0) is 12.5. The van der Waals surface area contributed by atoms with Crippen LogP contribution in [-0.2, 0) is 5.54 Å². The topological polar surface area (TPSA) is 26.0 Å². The van der Waals surface area contributed by atoms with Gasteiger partial charge < -0.3 is 5.73 Å². The van der Waals surface area contributed by atoms with Crippen molar-refractivity contribution in [3.63, 3.8) is 0 Å². The van der Waals surface area contributed by atoms with E-state index in [2.05, 4.69) is 0 Å². The minimum absolute atomic E-state index is 0.0843. The van der Waals surface area contributed by atoms with Gasteiger partial charge in [0.25, 0.3) is 6.43 Å². The molecule has 0 heterocycles. The number of alkyl halides is 2. The Kier molecular flexibility index (Phi) is 3.48. The van der Waals surface area contributed by atoms with Gasteiger partial charge in [0.2, 0.25) is 0 Å². The van der Waals surface area contributed by atoms with Gasteiger partial charge in [-0.1, -0.05) is 31.4 Å². The Morgan fingerprint density at radius 3 is 2.41 bits per heavy atom. The van der Waals surface area contributed by atoms with Crippen molar-refractivity contribution < 1.29 is 8.78 Å². The highest BCUT2D eigenvalue weighted by Crippen LogP contribution is 2.37. The normalized spacial score (nSPS) is 19.6. The summed E-state index contributed by atoms with van der Waals surface area (Å²) in [6, 6.07) is 4.86. The minimum atomic E-state index is -2.42. The van der Waals surface area contributed by atoms with Gasteiger partial charge in [0.1, 0.15) is 0 Å². The van der Waals surface area contributed by atoms with Crippen LogP contribution in [0.2, 0.25) is 0 Å². The minimum Gasteiger partial charge on any atom is -0.321 e. The summed E-state index contributed by atoms with van der Waals surface area (Å²) in [5.74, 6) is 0. The van der Waals surface area contributed by atoms with Gasteiger partial charge in [0.15, 0.2) is 0 Å². The first kappa shape index (κ1) is 12.5. The molecule has 0 atom stereocenters. The monoisotopic (exact) mass is 239 g/mol. The first-order valence-electron chi connectivity index (χ1n) is 6.21. The zero-order valence-electron chi connectivity index (χ0n) is 10.2. The molecule has 1 fully saturated rings. The van der Waals surface area contributed by atoms with Gasteiger partial charge >= 0.3 is 0 Å². The van der Waals surface area contributed by atoms with Crippen molar-refractivity contribution >= 4 is 0 Å². The molecule has 94 valence electrons. The maximum absolute atomic E-state index is 12.7. The van der Waals surface area contributed by atoms with E-state index >= 15 is 0 Å².